The Morgan fingerprint density at radius 1 is 1.59 bits per heavy atom. The quantitative estimate of drug-likeness (QED) is 0.574. The van der Waals surface area contributed by atoms with Crippen molar-refractivity contribution in [3.63, 3.8) is 0 Å². The Balaban J connectivity index is 2.66. The zero-order chi connectivity index (χ0) is 12.4. The third kappa shape index (κ3) is 1.89. The number of nitrogens with two attached hydrogens (primary N) is 1. The van der Waals surface area contributed by atoms with Crippen LogP contribution in [0.3, 0.4) is 0 Å². The molecule has 0 aliphatic heterocycles. The number of carbonyl (C=O) groups excluding carboxylic acids is 1. The van der Waals surface area contributed by atoms with Gasteiger partial charge in [0.15, 0.2) is 0 Å². The van der Waals surface area contributed by atoms with Crippen LogP contribution >= 0.6 is 0 Å². The maximum Gasteiger partial charge on any atom is 0.297 e. The fourth-order valence-corrected chi connectivity index (χ4v) is 1.60. The van der Waals surface area contributed by atoms with Gasteiger partial charge in [-0.05, 0) is 6.08 Å². The summed E-state index contributed by atoms with van der Waals surface area (Å²) in [5.74, 6) is 0.0587. The molecule has 0 aliphatic rings. The predicted molar refractivity (Wildman–Crippen MR) is 61.9 cm³/mol. The van der Waals surface area contributed by atoms with Gasteiger partial charge in [-0.3, -0.25) is 14.6 Å². The average molecular weight is 234 g/mol. The number of anilines is 1. The third-order valence-corrected chi connectivity index (χ3v) is 2.26. The zero-order valence-corrected chi connectivity index (χ0v) is 9.01. The van der Waals surface area contributed by atoms with Crippen LogP contribution in [-0.2, 0) is 16.6 Å². The molecule has 88 valence electrons. The van der Waals surface area contributed by atoms with Crippen LogP contribution in [0.4, 0.5) is 5.95 Å². The minimum absolute atomic E-state index is 0.0587. The van der Waals surface area contributed by atoms with Crippen molar-refractivity contribution in [3.8, 4) is 0 Å². The first-order valence-corrected chi connectivity index (χ1v) is 4.74. The summed E-state index contributed by atoms with van der Waals surface area (Å²) in [5.41, 5.74) is 6.19. The molecule has 7 heteroatoms. The third-order valence-electron chi connectivity index (χ3n) is 2.26. The Morgan fingerprint density at radius 2 is 2.35 bits per heavy atom. The van der Waals surface area contributed by atoms with E-state index in [0.29, 0.717) is 23.1 Å². The van der Waals surface area contributed by atoms with Crippen LogP contribution in [0.2, 0.25) is 0 Å². The van der Waals surface area contributed by atoms with Crippen molar-refractivity contribution in [2.24, 2.45) is 7.05 Å². The molecule has 0 bridgehead atoms. The van der Waals surface area contributed by atoms with Crippen molar-refractivity contribution in [1.82, 2.24) is 14.5 Å². The molecule has 0 atom stereocenters. The van der Waals surface area contributed by atoms with Crippen LogP contribution in [0.1, 0.15) is 5.56 Å². The number of nitrogens with one attached hydrogen (secondary N) is 1. The highest BCUT2D eigenvalue weighted by Gasteiger charge is 2.10. The van der Waals surface area contributed by atoms with Gasteiger partial charge in [0.25, 0.3) is 12.0 Å². The summed E-state index contributed by atoms with van der Waals surface area (Å²) in [4.78, 5) is 28.2. The van der Waals surface area contributed by atoms with Gasteiger partial charge in [-0.1, -0.05) is 0 Å². The first-order chi connectivity index (χ1) is 8.13. The minimum Gasteiger partial charge on any atom is -0.437 e. The van der Waals surface area contributed by atoms with Crippen molar-refractivity contribution in [2.75, 3.05) is 5.73 Å². The summed E-state index contributed by atoms with van der Waals surface area (Å²) < 4.78 is 6.10. The number of aryl methyl sites for hydroxylation is 1. The zero-order valence-electron chi connectivity index (χ0n) is 9.01. The van der Waals surface area contributed by atoms with E-state index in [0.717, 1.165) is 0 Å². The molecule has 2 rings (SSSR count). The van der Waals surface area contributed by atoms with Gasteiger partial charge in [-0.25, -0.2) is 0 Å². The molecule has 0 aliphatic carbocycles. The van der Waals surface area contributed by atoms with E-state index in [2.05, 4.69) is 14.7 Å². The fourth-order valence-electron chi connectivity index (χ4n) is 1.60. The minimum atomic E-state index is -0.334. The molecule has 0 spiro atoms. The van der Waals surface area contributed by atoms with Gasteiger partial charge in [0.1, 0.15) is 5.65 Å². The topological polar surface area (TPSA) is 103 Å². The molecule has 7 nitrogen and oxygen atoms in total. The summed E-state index contributed by atoms with van der Waals surface area (Å²) in [7, 11) is 1.74. The van der Waals surface area contributed by atoms with E-state index in [4.69, 9.17) is 5.73 Å². The normalized spacial score (nSPS) is 11.1. The number of hydrogen-bond acceptors (Lipinski definition) is 5. The van der Waals surface area contributed by atoms with Crippen molar-refractivity contribution in [1.29, 1.82) is 0 Å². The molecule has 0 fully saturated rings. The standard InChI is InChI=1S/C10H10N4O3/c1-14-4-6(2-3-17-5-15)7-8(14)12-10(11)13-9(7)16/h2-5H,1H3,(H3,11,12,13,16)/b3-2+. The maximum atomic E-state index is 11.7. The molecular formula is C10H10N4O3. The van der Waals surface area contributed by atoms with E-state index in [9.17, 15) is 9.59 Å². The molecule has 2 heterocycles. The number of aromatic nitrogens is 3. The molecule has 0 aromatic carbocycles. The first-order valence-electron chi connectivity index (χ1n) is 4.74. The van der Waals surface area contributed by atoms with Gasteiger partial charge < -0.3 is 15.0 Å². The maximum absolute atomic E-state index is 11.7. The average Bonchev–Trinajstić information content (AvgIpc) is 2.56. The number of aromatic amines is 1. The van der Waals surface area contributed by atoms with Gasteiger partial charge in [-0.2, -0.15) is 4.98 Å². The molecule has 2 aromatic heterocycles. The monoisotopic (exact) mass is 234 g/mol. The molecule has 17 heavy (non-hydrogen) atoms. The van der Waals surface area contributed by atoms with Crippen LogP contribution in [0, 0.1) is 0 Å². The van der Waals surface area contributed by atoms with Gasteiger partial charge in [-0.15, -0.1) is 0 Å². The van der Waals surface area contributed by atoms with Crippen molar-refractivity contribution in [2.45, 2.75) is 0 Å². The molecule has 2 aromatic rings. The Kier molecular flexibility index (Phi) is 2.65. The first kappa shape index (κ1) is 10.9. The van der Waals surface area contributed by atoms with Gasteiger partial charge in [0.05, 0.1) is 11.6 Å². The SMILES string of the molecule is Cn1cc(/C=C/OC=O)c2c(=O)[nH]c(N)nc21. The number of ether oxygens (including phenoxy) is 1. The highest BCUT2D eigenvalue weighted by atomic mass is 16.5. The molecule has 0 unspecified atom stereocenters. The van der Waals surface area contributed by atoms with Gasteiger partial charge >= 0.3 is 0 Å². The van der Waals surface area contributed by atoms with E-state index in [-0.39, 0.29) is 11.5 Å². The lowest BCUT2D eigenvalue weighted by atomic mass is 10.2. The highest BCUT2D eigenvalue weighted by molar-refractivity contribution is 5.86. The Hall–Kier alpha value is -2.57. The molecule has 3 N–H and O–H groups in total. The lowest BCUT2D eigenvalue weighted by molar-refractivity contribution is -0.123. The Bertz CT molecular complexity index is 653. The van der Waals surface area contributed by atoms with E-state index >= 15 is 0 Å². The number of nitrogen functional groups attached to an aromatic ring is 1. The predicted octanol–water partition coefficient (Wildman–Crippen LogP) is -0.0125. The van der Waals surface area contributed by atoms with Crippen LogP contribution in [0.15, 0.2) is 17.3 Å². The molecule has 0 amide bonds. The van der Waals surface area contributed by atoms with E-state index in [1.165, 1.54) is 12.3 Å². The van der Waals surface area contributed by atoms with E-state index in [1.807, 2.05) is 0 Å². The number of rotatable bonds is 3. The number of hydrogen-bond donors (Lipinski definition) is 2. The van der Waals surface area contributed by atoms with Crippen LogP contribution in [0.5, 0.6) is 0 Å². The van der Waals surface area contributed by atoms with Gasteiger partial charge in [0.2, 0.25) is 5.95 Å². The Morgan fingerprint density at radius 3 is 3.06 bits per heavy atom. The van der Waals surface area contributed by atoms with Crippen LogP contribution in [-0.4, -0.2) is 21.0 Å². The number of fused-ring (bicyclic) bond motifs is 1. The molecule has 0 radical (unpaired) electrons. The summed E-state index contributed by atoms with van der Waals surface area (Å²) in [6.45, 7) is 0.294. The number of carbonyl (C=O) groups is 1. The summed E-state index contributed by atoms with van der Waals surface area (Å²) in [6.07, 6.45) is 4.39. The second-order valence-electron chi connectivity index (χ2n) is 3.38. The molecular weight excluding hydrogens is 224 g/mol. The summed E-state index contributed by atoms with van der Waals surface area (Å²) in [6, 6.07) is 0. The number of nitrogens with zero attached hydrogens (tertiary/aromatic N) is 2. The lowest BCUT2D eigenvalue weighted by Crippen LogP contribution is -2.11. The lowest BCUT2D eigenvalue weighted by Gasteiger charge is -1.95. The second-order valence-corrected chi connectivity index (χ2v) is 3.38. The second kappa shape index (κ2) is 4.12. The van der Waals surface area contributed by atoms with Crippen molar-refractivity contribution < 1.29 is 9.53 Å². The van der Waals surface area contributed by atoms with Crippen LogP contribution < -0.4 is 11.3 Å². The summed E-state index contributed by atoms with van der Waals surface area (Å²) >= 11 is 0. The highest BCUT2D eigenvalue weighted by Crippen LogP contribution is 2.16. The molecule has 0 saturated heterocycles. The summed E-state index contributed by atoms with van der Waals surface area (Å²) in [5, 5.41) is 0.396. The Labute approximate surface area is 95.5 Å². The van der Waals surface area contributed by atoms with Crippen molar-refractivity contribution >= 4 is 29.5 Å². The van der Waals surface area contributed by atoms with E-state index < -0.39 is 0 Å². The largest absolute Gasteiger partial charge is 0.437 e. The van der Waals surface area contributed by atoms with Gasteiger partial charge in [0, 0.05) is 18.8 Å². The number of H-pyrrole nitrogens is 1. The smallest absolute Gasteiger partial charge is 0.297 e. The fraction of sp³-hybridized carbons (Fsp3) is 0.100. The molecule has 0 saturated carbocycles. The van der Waals surface area contributed by atoms with Crippen LogP contribution in [0.25, 0.3) is 17.1 Å². The van der Waals surface area contributed by atoms with E-state index in [1.54, 1.807) is 17.8 Å². The van der Waals surface area contributed by atoms with Crippen molar-refractivity contribution in [3.05, 3.63) is 28.4 Å².